The molecule has 136 valence electrons. The monoisotopic (exact) mass is 328 g/mol. The van der Waals surface area contributed by atoms with Crippen LogP contribution >= 0.6 is 0 Å². The molecule has 1 fully saturated rings. The highest BCUT2D eigenvalue weighted by atomic mass is 14.0. The Labute approximate surface area is 153 Å². The second-order valence-corrected chi connectivity index (χ2v) is 6.20. The molecular formula is C24H40. The molecule has 0 bridgehead atoms. The highest BCUT2D eigenvalue weighted by Gasteiger charge is 1.95. The van der Waals surface area contributed by atoms with Crippen LogP contribution in [0.4, 0.5) is 0 Å². The normalized spacial score (nSPS) is 9.50. The van der Waals surface area contributed by atoms with Gasteiger partial charge in [-0.3, -0.25) is 0 Å². The van der Waals surface area contributed by atoms with Gasteiger partial charge in [0.25, 0.3) is 0 Å². The number of hydrogen-bond acceptors (Lipinski definition) is 0. The Bertz CT molecular complexity index is 465. The summed E-state index contributed by atoms with van der Waals surface area (Å²) < 4.78 is 0. The van der Waals surface area contributed by atoms with E-state index in [9.17, 15) is 0 Å². The van der Waals surface area contributed by atoms with Crippen LogP contribution in [0.1, 0.15) is 78.9 Å². The van der Waals surface area contributed by atoms with E-state index in [1.165, 1.54) is 41.5 Å². The lowest BCUT2D eigenvalue weighted by Gasteiger charge is -1.90. The molecule has 0 heterocycles. The van der Waals surface area contributed by atoms with Gasteiger partial charge < -0.3 is 0 Å². The molecular weight excluding hydrogens is 288 g/mol. The number of rotatable bonds is 0. The molecule has 1 aliphatic carbocycles. The van der Waals surface area contributed by atoms with E-state index >= 15 is 0 Å². The molecule has 0 heteroatoms. The minimum atomic E-state index is 1.04. The van der Waals surface area contributed by atoms with Gasteiger partial charge in [0, 0.05) is 0 Å². The Morgan fingerprint density at radius 1 is 0.917 bits per heavy atom. The van der Waals surface area contributed by atoms with E-state index in [-0.39, 0.29) is 0 Å². The third kappa shape index (κ3) is 32.3. The van der Waals surface area contributed by atoms with Crippen molar-refractivity contribution >= 4 is 0 Å². The molecule has 1 saturated carbocycles. The van der Waals surface area contributed by atoms with E-state index in [1.807, 2.05) is 48.5 Å². The van der Waals surface area contributed by atoms with Crippen molar-refractivity contribution in [2.24, 2.45) is 0 Å². The Morgan fingerprint density at radius 3 is 1.33 bits per heavy atom. The summed E-state index contributed by atoms with van der Waals surface area (Å²) in [6, 6.07) is 8.45. The van der Waals surface area contributed by atoms with Gasteiger partial charge >= 0.3 is 0 Å². The minimum absolute atomic E-state index is 1.04. The van der Waals surface area contributed by atoms with Crippen LogP contribution < -0.4 is 0 Å². The number of terminal acetylenes is 1. The van der Waals surface area contributed by atoms with Gasteiger partial charge in [-0.15, -0.1) is 13.0 Å². The standard InChI is InChI=1S/C8H10.C7H10.C4H8.C3H6.C2H6/c1-7-4-3-5-8(2)6-7;1-5-7(4)6(2)3;1-4(2)3;1-2-3-1;1-2/h3-6H,1-2H3;1H,2-4H3;1H2,2-3H3;1-3H2;1-2H3. The third-order valence-corrected chi connectivity index (χ3v) is 2.49. The quantitative estimate of drug-likeness (QED) is 0.334. The second-order valence-electron chi connectivity index (χ2n) is 6.20. The average molecular weight is 329 g/mol. The summed E-state index contributed by atoms with van der Waals surface area (Å²) in [5.41, 5.74) is 6.11. The molecule has 0 amide bonds. The van der Waals surface area contributed by atoms with Gasteiger partial charge in [-0.1, -0.05) is 85.6 Å². The molecule has 2 rings (SSSR count). The first kappa shape index (κ1) is 27.1. The van der Waals surface area contributed by atoms with Gasteiger partial charge in [0.1, 0.15) is 0 Å². The summed E-state index contributed by atoms with van der Waals surface area (Å²) in [7, 11) is 0. The number of hydrogen-bond donors (Lipinski definition) is 0. The van der Waals surface area contributed by atoms with Crippen molar-refractivity contribution in [1.29, 1.82) is 0 Å². The lowest BCUT2D eigenvalue weighted by atomic mass is 10.2. The Balaban J connectivity index is -0.000000250. The first-order chi connectivity index (χ1) is 11.2. The van der Waals surface area contributed by atoms with Crippen LogP contribution in [0.25, 0.3) is 0 Å². The average Bonchev–Trinajstić information content (AvgIpc) is 3.36. The summed E-state index contributed by atoms with van der Waals surface area (Å²) in [6.07, 6.45) is 9.57. The molecule has 0 aromatic heterocycles. The van der Waals surface area contributed by atoms with Crippen LogP contribution in [0.15, 0.2) is 47.6 Å². The summed E-state index contributed by atoms with van der Waals surface area (Å²) >= 11 is 0. The van der Waals surface area contributed by atoms with Crippen LogP contribution in [0, 0.1) is 26.2 Å². The zero-order chi connectivity index (χ0) is 19.5. The van der Waals surface area contributed by atoms with Crippen molar-refractivity contribution in [1.82, 2.24) is 0 Å². The summed E-state index contributed by atoms with van der Waals surface area (Å²) in [4.78, 5) is 0. The van der Waals surface area contributed by atoms with Crippen LogP contribution in [-0.4, -0.2) is 0 Å². The molecule has 0 unspecified atom stereocenters. The topological polar surface area (TPSA) is 0 Å². The summed E-state index contributed by atoms with van der Waals surface area (Å²) in [6.45, 7) is 21.7. The molecule has 24 heavy (non-hydrogen) atoms. The summed E-state index contributed by atoms with van der Waals surface area (Å²) in [5, 5.41) is 0. The van der Waals surface area contributed by atoms with Crippen LogP contribution in [0.3, 0.4) is 0 Å². The van der Waals surface area contributed by atoms with Gasteiger partial charge in [0.15, 0.2) is 0 Å². The lowest BCUT2D eigenvalue weighted by molar-refractivity contribution is 1.31. The minimum Gasteiger partial charge on any atom is -0.115 e. The van der Waals surface area contributed by atoms with Crippen LogP contribution in [0.5, 0.6) is 0 Å². The molecule has 1 aliphatic rings. The molecule has 0 spiro atoms. The van der Waals surface area contributed by atoms with Crippen molar-refractivity contribution in [2.45, 2.75) is 81.6 Å². The molecule has 0 nitrogen and oxygen atoms in total. The van der Waals surface area contributed by atoms with Crippen molar-refractivity contribution < 1.29 is 0 Å². The Morgan fingerprint density at radius 2 is 1.25 bits per heavy atom. The van der Waals surface area contributed by atoms with Crippen molar-refractivity contribution in [3.05, 3.63) is 58.7 Å². The Kier molecular flexibility index (Phi) is 21.8. The predicted octanol–water partition coefficient (Wildman–Crippen LogP) is 8.06. The van der Waals surface area contributed by atoms with Crippen molar-refractivity contribution in [3.63, 3.8) is 0 Å². The van der Waals surface area contributed by atoms with E-state index in [2.05, 4.69) is 50.6 Å². The first-order valence-electron chi connectivity index (χ1n) is 8.96. The SMILES string of the molecule is C#CC(C)=C(C)C.C1CC1.C=C(C)C.CC.Cc1cccc(C)c1. The maximum absolute atomic E-state index is 5.07. The smallest absolute Gasteiger partial charge is 0.00270 e. The number of benzene rings is 1. The van der Waals surface area contributed by atoms with E-state index < -0.39 is 0 Å². The van der Waals surface area contributed by atoms with Crippen molar-refractivity contribution in [2.75, 3.05) is 0 Å². The fourth-order valence-corrected chi connectivity index (χ4v) is 0.951. The highest BCUT2D eigenvalue weighted by Crippen LogP contribution is 2.14. The molecule has 1 aromatic carbocycles. The first-order valence-corrected chi connectivity index (χ1v) is 8.96. The maximum Gasteiger partial charge on any atom is -0.00270 e. The van der Waals surface area contributed by atoms with Gasteiger partial charge in [0.05, 0.1) is 0 Å². The van der Waals surface area contributed by atoms with Crippen LogP contribution in [-0.2, 0) is 0 Å². The number of aryl methyl sites for hydroxylation is 2. The fourth-order valence-electron chi connectivity index (χ4n) is 0.951. The van der Waals surface area contributed by atoms with E-state index in [0.717, 1.165) is 5.57 Å². The molecule has 0 radical (unpaired) electrons. The zero-order valence-electron chi connectivity index (χ0n) is 17.7. The molecule has 0 atom stereocenters. The van der Waals surface area contributed by atoms with Gasteiger partial charge in [0.2, 0.25) is 0 Å². The van der Waals surface area contributed by atoms with E-state index in [0.29, 0.717) is 0 Å². The zero-order valence-corrected chi connectivity index (χ0v) is 17.7. The molecule has 0 N–H and O–H groups in total. The molecule has 0 aliphatic heterocycles. The van der Waals surface area contributed by atoms with Gasteiger partial charge in [-0.2, -0.15) is 0 Å². The van der Waals surface area contributed by atoms with E-state index in [4.69, 9.17) is 6.42 Å². The molecule has 0 saturated heterocycles. The van der Waals surface area contributed by atoms with Gasteiger partial charge in [-0.25, -0.2) is 0 Å². The third-order valence-electron chi connectivity index (χ3n) is 2.49. The van der Waals surface area contributed by atoms with E-state index in [1.54, 1.807) is 0 Å². The molecule has 1 aromatic rings. The number of allylic oxidation sites excluding steroid dienone is 3. The van der Waals surface area contributed by atoms with Crippen molar-refractivity contribution in [3.8, 4) is 12.3 Å². The second kappa shape index (κ2) is 19.3. The lowest BCUT2D eigenvalue weighted by Crippen LogP contribution is -1.71. The summed E-state index contributed by atoms with van der Waals surface area (Å²) in [5.74, 6) is 2.54. The van der Waals surface area contributed by atoms with Crippen LogP contribution in [0.2, 0.25) is 0 Å². The maximum atomic E-state index is 5.07. The Hall–Kier alpha value is -1.74. The fraction of sp³-hybridized carbons (Fsp3) is 0.500. The highest BCUT2D eigenvalue weighted by molar-refractivity contribution is 5.26. The largest absolute Gasteiger partial charge is 0.115 e. The van der Waals surface area contributed by atoms with Gasteiger partial charge in [-0.05, 0) is 54.0 Å². The predicted molar refractivity (Wildman–Crippen MR) is 114 cm³/mol.